The minimum absolute atomic E-state index is 0.240. The molecule has 0 amide bonds. The van der Waals surface area contributed by atoms with Crippen LogP contribution in [0.3, 0.4) is 0 Å². The van der Waals surface area contributed by atoms with E-state index in [1.165, 1.54) is 27.6 Å². The van der Waals surface area contributed by atoms with Gasteiger partial charge in [-0.15, -0.1) is 0 Å². The molecule has 0 atom stereocenters. The standard InChI is InChI=1S/C49H36N2O/c1-49(2)41-25-12-13-26-43(41)51(45-32-34(28-30-42(45)49)38-23-15-24-40-39-22-11-14-27-46(39)52-48(38)40)47-37-21-10-9-16-33(37)29-31-44(47)50(35-17-5-3-6-18-35)36-19-7-4-8-20-36/h3-32H,1-2H3. The first-order valence-corrected chi connectivity index (χ1v) is 17.9. The molecule has 52 heavy (non-hydrogen) atoms. The molecule has 10 rings (SSSR count). The SMILES string of the molecule is CC1(C)c2ccccc2N(c2c(N(c3ccccc3)c3ccccc3)ccc3ccccc23)c2cc(-c3cccc4c3oc3ccccc34)ccc21. The molecule has 0 saturated heterocycles. The fourth-order valence-corrected chi connectivity index (χ4v) is 8.34. The smallest absolute Gasteiger partial charge is 0.143 e. The van der Waals surface area contributed by atoms with Crippen LogP contribution in [0.4, 0.5) is 34.1 Å². The van der Waals surface area contributed by atoms with Gasteiger partial charge in [-0.05, 0) is 70.6 Å². The number of anilines is 6. The van der Waals surface area contributed by atoms with Crippen molar-refractivity contribution in [2.45, 2.75) is 19.3 Å². The van der Waals surface area contributed by atoms with Crippen molar-refractivity contribution in [2.75, 3.05) is 9.80 Å². The van der Waals surface area contributed by atoms with E-state index in [1.54, 1.807) is 0 Å². The summed E-state index contributed by atoms with van der Waals surface area (Å²) in [5.74, 6) is 0. The first-order valence-electron chi connectivity index (χ1n) is 17.9. The Morgan fingerprint density at radius 1 is 0.500 bits per heavy atom. The molecule has 0 aliphatic carbocycles. The summed E-state index contributed by atoms with van der Waals surface area (Å²) in [5.41, 5.74) is 13.1. The highest BCUT2D eigenvalue weighted by Crippen LogP contribution is 2.57. The lowest BCUT2D eigenvalue weighted by Crippen LogP contribution is -2.31. The molecule has 1 aliphatic rings. The summed E-state index contributed by atoms with van der Waals surface area (Å²) in [6.45, 7) is 4.71. The lowest BCUT2D eigenvalue weighted by atomic mass is 9.73. The Labute approximate surface area is 303 Å². The number of para-hydroxylation sites is 5. The molecule has 0 saturated carbocycles. The van der Waals surface area contributed by atoms with Crippen molar-refractivity contribution >= 4 is 66.8 Å². The minimum atomic E-state index is -0.240. The molecule has 1 aliphatic heterocycles. The average molecular weight is 669 g/mol. The van der Waals surface area contributed by atoms with Crippen LogP contribution < -0.4 is 9.80 Å². The Hall–Kier alpha value is -6.58. The number of rotatable bonds is 5. The van der Waals surface area contributed by atoms with Crippen molar-refractivity contribution in [3.63, 3.8) is 0 Å². The van der Waals surface area contributed by atoms with Crippen LogP contribution in [0.1, 0.15) is 25.0 Å². The maximum absolute atomic E-state index is 6.58. The van der Waals surface area contributed by atoms with E-state index in [2.05, 4.69) is 200 Å². The predicted molar refractivity (Wildman–Crippen MR) is 218 cm³/mol. The Balaban J connectivity index is 1.29. The van der Waals surface area contributed by atoms with Crippen LogP contribution in [-0.2, 0) is 5.41 Å². The van der Waals surface area contributed by atoms with Crippen LogP contribution in [0.2, 0.25) is 0 Å². The van der Waals surface area contributed by atoms with Gasteiger partial charge in [0.1, 0.15) is 11.2 Å². The Morgan fingerprint density at radius 3 is 1.92 bits per heavy atom. The summed E-state index contributed by atoms with van der Waals surface area (Å²) in [7, 11) is 0. The van der Waals surface area contributed by atoms with Gasteiger partial charge in [0.15, 0.2) is 0 Å². The van der Waals surface area contributed by atoms with Crippen molar-refractivity contribution in [1.82, 2.24) is 0 Å². The number of furan rings is 1. The molecular formula is C49H36N2O. The van der Waals surface area contributed by atoms with Gasteiger partial charge in [0.05, 0.1) is 22.7 Å². The maximum atomic E-state index is 6.58. The molecule has 0 bridgehead atoms. The van der Waals surface area contributed by atoms with Gasteiger partial charge in [-0.25, -0.2) is 0 Å². The summed E-state index contributed by atoms with van der Waals surface area (Å²) < 4.78 is 6.58. The molecule has 0 unspecified atom stereocenters. The Bertz CT molecular complexity index is 2740. The lowest BCUT2D eigenvalue weighted by Gasteiger charge is -2.44. The zero-order chi connectivity index (χ0) is 34.8. The second-order valence-electron chi connectivity index (χ2n) is 14.2. The monoisotopic (exact) mass is 668 g/mol. The molecule has 3 nitrogen and oxygen atoms in total. The molecule has 0 spiro atoms. The summed E-state index contributed by atoms with van der Waals surface area (Å²) >= 11 is 0. The van der Waals surface area contributed by atoms with Crippen LogP contribution in [-0.4, -0.2) is 0 Å². The number of benzene rings is 8. The molecule has 1 aromatic heterocycles. The molecule has 2 heterocycles. The van der Waals surface area contributed by atoms with Gasteiger partial charge in [0.25, 0.3) is 0 Å². The highest BCUT2D eigenvalue weighted by molar-refractivity contribution is 6.11. The molecule has 0 radical (unpaired) electrons. The number of hydrogen-bond acceptors (Lipinski definition) is 3. The van der Waals surface area contributed by atoms with E-state index in [0.29, 0.717) is 0 Å². The lowest BCUT2D eigenvalue weighted by molar-refractivity contribution is 0.632. The third kappa shape index (κ3) is 4.59. The predicted octanol–water partition coefficient (Wildman–Crippen LogP) is 14.0. The van der Waals surface area contributed by atoms with Gasteiger partial charge in [-0.3, -0.25) is 0 Å². The molecule has 248 valence electrons. The fraction of sp³-hybridized carbons (Fsp3) is 0.0612. The Morgan fingerprint density at radius 2 is 1.13 bits per heavy atom. The van der Waals surface area contributed by atoms with E-state index in [1.807, 2.05) is 6.07 Å². The third-order valence-corrected chi connectivity index (χ3v) is 10.8. The molecule has 0 fully saturated rings. The minimum Gasteiger partial charge on any atom is -0.455 e. The van der Waals surface area contributed by atoms with Crippen molar-refractivity contribution in [3.05, 3.63) is 193 Å². The van der Waals surface area contributed by atoms with Crippen molar-refractivity contribution in [2.24, 2.45) is 0 Å². The summed E-state index contributed by atoms with van der Waals surface area (Å²) in [5, 5.41) is 4.64. The van der Waals surface area contributed by atoms with Gasteiger partial charge in [-0.2, -0.15) is 0 Å². The van der Waals surface area contributed by atoms with Gasteiger partial charge in [-0.1, -0.05) is 147 Å². The molecule has 9 aromatic rings. The second-order valence-corrected chi connectivity index (χ2v) is 14.2. The first kappa shape index (κ1) is 30.3. The van der Waals surface area contributed by atoms with E-state index in [9.17, 15) is 0 Å². The quantitative estimate of drug-likeness (QED) is 0.182. The molecule has 0 N–H and O–H groups in total. The zero-order valence-electron chi connectivity index (χ0n) is 29.1. The van der Waals surface area contributed by atoms with E-state index < -0.39 is 0 Å². The normalized spacial score (nSPS) is 13.3. The van der Waals surface area contributed by atoms with Crippen LogP contribution in [0.15, 0.2) is 186 Å². The highest BCUT2D eigenvalue weighted by atomic mass is 16.3. The maximum Gasteiger partial charge on any atom is 0.143 e. The summed E-state index contributed by atoms with van der Waals surface area (Å²) in [6, 6.07) is 65.5. The van der Waals surface area contributed by atoms with Gasteiger partial charge in [0, 0.05) is 38.5 Å². The van der Waals surface area contributed by atoms with Crippen molar-refractivity contribution in [3.8, 4) is 11.1 Å². The molecular weight excluding hydrogens is 633 g/mol. The summed E-state index contributed by atoms with van der Waals surface area (Å²) in [4.78, 5) is 4.91. The zero-order valence-corrected chi connectivity index (χ0v) is 29.1. The van der Waals surface area contributed by atoms with E-state index in [0.717, 1.165) is 61.5 Å². The topological polar surface area (TPSA) is 19.6 Å². The number of hydrogen-bond donors (Lipinski definition) is 0. The average Bonchev–Trinajstić information content (AvgIpc) is 3.58. The first-order chi connectivity index (χ1) is 25.6. The fourth-order valence-electron chi connectivity index (χ4n) is 8.34. The van der Waals surface area contributed by atoms with E-state index in [-0.39, 0.29) is 5.41 Å². The molecule has 8 aromatic carbocycles. The highest BCUT2D eigenvalue weighted by Gasteiger charge is 2.39. The van der Waals surface area contributed by atoms with E-state index in [4.69, 9.17) is 4.42 Å². The van der Waals surface area contributed by atoms with Crippen LogP contribution in [0.5, 0.6) is 0 Å². The Kier molecular flexibility index (Phi) is 6.84. The van der Waals surface area contributed by atoms with Crippen LogP contribution in [0, 0.1) is 0 Å². The van der Waals surface area contributed by atoms with Gasteiger partial charge in [0.2, 0.25) is 0 Å². The van der Waals surface area contributed by atoms with Crippen molar-refractivity contribution < 1.29 is 4.42 Å². The van der Waals surface area contributed by atoms with E-state index >= 15 is 0 Å². The van der Waals surface area contributed by atoms with Crippen LogP contribution >= 0.6 is 0 Å². The summed E-state index contributed by atoms with van der Waals surface area (Å²) in [6.07, 6.45) is 0. The number of nitrogens with zero attached hydrogens (tertiary/aromatic N) is 2. The van der Waals surface area contributed by atoms with Crippen molar-refractivity contribution in [1.29, 1.82) is 0 Å². The number of fused-ring (bicyclic) bond motifs is 6. The van der Waals surface area contributed by atoms with Gasteiger partial charge >= 0.3 is 0 Å². The van der Waals surface area contributed by atoms with Gasteiger partial charge < -0.3 is 14.2 Å². The largest absolute Gasteiger partial charge is 0.455 e. The third-order valence-electron chi connectivity index (χ3n) is 10.8. The molecule has 3 heteroatoms. The second kappa shape index (κ2) is 11.8. The van der Waals surface area contributed by atoms with Crippen LogP contribution in [0.25, 0.3) is 43.8 Å².